The third kappa shape index (κ3) is 5.35. The van der Waals surface area contributed by atoms with E-state index in [2.05, 4.69) is 9.88 Å². The van der Waals surface area contributed by atoms with E-state index in [9.17, 15) is 13.2 Å². The summed E-state index contributed by atoms with van der Waals surface area (Å²) in [6, 6.07) is 6.20. The van der Waals surface area contributed by atoms with E-state index in [1.165, 1.54) is 12.1 Å². The van der Waals surface area contributed by atoms with Crippen LogP contribution < -0.4 is 10.5 Å². The molecule has 0 bridgehead atoms. The molecule has 1 aliphatic rings. The summed E-state index contributed by atoms with van der Waals surface area (Å²) in [4.78, 5) is 6.26. The average Bonchev–Trinajstić information content (AvgIpc) is 2.62. The van der Waals surface area contributed by atoms with Gasteiger partial charge in [0.05, 0.1) is 5.69 Å². The van der Waals surface area contributed by atoms with Crippen LogP contribution in [0.5, 0.6) is 5.75 Å². The molecule has 2 heterocycles. The highest BCUT2D eigenvalue weighted by Crippen LogP contribution is 2.24. The summed E-state index contributed by atoms with van der Waals surface area (Å²) in [5, 5.41) is 0. The van der Waals surface area contributed by atoms with Crippen LogP contribution in [0.15, 0.2) is 24.3 Å². The van der Waals surface area contributed by atoms with Crippen LogP contribution in [0, 0.1) is 18.6 Å². The fourth-order valence-electron chi connectivity index (χ4n) is 3.27. The lowest BCUT2D eigenvalue weighted by molar-refractivity contribution is 0.152. The van der Waals surface area contributed by atoms with Crippen molar-refractivity contribution in [1.29, 1.82) is 0 Å². The minimum atomic E-state index is -1.02. The number of aromatic nitrogens is 1. The Balaban J connectivity index is 1.64. The molecule has 2 N–H and O–H groups in total. The molecule has 1 aromatic heterocycles. The first-order valence-corrected chi connectivity index (χ1v) is 9.11. The topological polar surface area (TPSA) is 51.4 Å². The second kappa shape index (κ2) is 8.61. The maximum absolute atomic E-state index is 14.1. The van der Waals surface area contributed by atoms with Gasteiger partial charge >= 0.3 is 0 Å². The molecule has 0 atom stereocenters. The van der Waals surface area contributed by atoms with Crippen LogP contribution in [0.25, 0.3) is 0 Å². The van der Waals surface area contributed by atoms with E-state index in [0.717, 1.165) is 5.56 Å². The first-order valence-electron chi connectivity index (χ1n) is 9.11. The van der Waals surface area contributed by atoms with Gasteiger partial charge in [-0.2, -0.15) is 4.39 Å². The van der Waals surface area contributed by atoms with Gasteiger partial charge in [-0.1, -0.05) is 0 Å². The third-order valence-corrected chi connectivity index (χ3v) is 4.71. The van der Waals surface area contributed by atoms with Crippen molar-refractivity contribution in [2.75, 3.05) is 25.4 Å². The molecule has 0 aliphatic carbocycles. The molecule has 0 amide bonds. The number of nitrogens with two attached hydrogens (primary N) is 1. The van der Waals surface area contributed by atoms with E-state index >= 15 is 0 Å². The fourth-order valence-corrected chi connectivity index (χ4v) is 3.27. The Morgan fingerprint density at radius 3 is 2.63 bits per heavy atom. The average molecular weight is 379 g/mol. The largest absolute Gasteiger partial charge is 0.484 e. The van der Waals surface area contributed by atoms with Crippen molar-refractivity contribution in [3.63, 3.8) is 0 Å². The molecule has 146 valence electrons. The van der Waals surface area contributed by atoms with E-state index in [1.54, 1.807) is 12.1 Å². The minimum absolute atomic E-state index is 0.00426. The Hall–Kier alpha value is -2.28. The maximum Gasteiger partial charge on any atom is 0.200 e. The van der Waals surface area contributed by atoms with Crippen LogP contribution >= 0.6 is 0 Å². The molecule has 0 spiro atoms. The standard InChI is InChI=1S/C20H24F3N3O/c1-13-8-16(25-19(24)9-13)12-27-18-11-14(10-17(22)20(18)23)2-5-26-6-3-15(21)4-7-26/h8-11,15H,2-7,12H2,1H3,(H2,24,25). The number of pyridine rings is 1. The monoisotopic (exact) mass is 379 g/mol. The summed E-state index contributed by atoms with van der Waals surface area (Å²) >= 11 is 0. The number of benzene rings is 1. The van der Waals surface area contributed by atoms with Crippen LogP contribution in [-0.4, -0.2) is 35.7 Å². The van der Waals surface area contributed by atoms with E-state index in [1.807, 2.05) is 6.92 Å². The van der Waals surface area contributed by atoms with Crippen LogP contribution in [0.2, 0.25) is 0 Å². The lowest BCUT2D eigenvalue weighted by Crippen LogP contribution is -2.35. The highest BCUT2D eigenvalue weighted by atomic mass is 19.2. The zero-order valence-corrected chi connectivity index (χ0v) is 15.4. The van der Waals surface area contributed by atoms with Crippen LogP contribution in [0.4, 0.5) is 19.0 Å². The highest BCUT2D eigenvalue weighted by molar-refractivity contribution is 5.35. The Morgan fingerprint density at radius 1 is 1.19 bits per heavy atom. The summed E-state index contributed by atoms with van der Waals surface area (Å²) < 4.78 is 46.7. The van der Waals surface area contributed by atoms with E-state index < -0.39 is 17.8 Å². The quantitative estimate of drug-likeness (QED) is 0.829. The molecule has 1 aliphatic heterocycles. The Labute approximate surface area is 157 Å². The number of ether oxygens (including phenoxy) is 1. The molecular weight excluding hydrogens is 355 g/mol. The number of piperidine rings is 1. The minimum Gasteiger partial charge on any atom is -0.484 e. The number of aryl methyl sites for hydroxylation is 1. The van der Waals surface area contributed by atoms with Crippen molar-refractivity contribution >= 4 is 5.82 Å². The molecule has 1 fully saturated rings. The molecule has 0 radical (unpaired) electrons. The number of hydrogen-bond acceptors (Lipinski definition) is 4. The van der Waals surface area contributed by atoms with E-state index in [-0.39, 0.29) is 12.4 Å². The molecule has 1 aromatic carbocycles. The van der Waals surface area contributed by atoms with Crippen molar-refractivity contribution in [3.8, 4) is 5.75 Å². The smallest absolute Gasteiger partial charge is 0.200 e. The molecule has 27 heavy (non-hydrogen) atoms. The molecule has 3 rings (SSSR count). The van der Waals surface area contributed by atoms with Gasteiger partial charge < -0.3 is 15.4 Å². The third-order valence-electron chi connectivity index (χ3n) is 4.71. The number of rotatable bonds is 6. The number of halogens is 3. The van der Waals surface area contributed by atoms with Gasteiger partial charge in [-0.3, -0.25) is 0 Å². The normalized spacial score (nSPS) is 15.9. The number of alkyl halides is 1. The summed E-state index contributed by atoms with van der Waals surface area (Å²) in [6.07, 6.45) is 0.867. The van der Waals surface area contributed by atoms with Gasteiger partial charge in [0, 0.05) is 19.6 Å². The summed E-state index contributed by atoms with van der Waals surface area (Å²) in [5.41, 5.74) is 7.80. The summed E-state index contributed by atoms with van der Waals surface area (Å²) in [6.45, 7) is 3.92. The predicted molar refractivity (Wildman–Crippen MR) is 98.4 cm³/mol. The molecule has 0 saturated carbocycles. The lowest BCUT2D eigenvalue weighted by atomic mass is 10.1. The Morgan fingerprint density at radius 2 is 1.93 bits per heavy atom. The van der Waals surface area contributed by atoms with Crippen LogP contribution in [0.1, 0.15) is 29.7 Å². The zero-order chi connectivity index (χ0) is 19.4. The van der Waals surface area contributed by atoms with E-state index in [0.29, 0.717) is 56.0 Å². The van der Waals surface area contributed by atoms with Crippen molar-refractivity contribution in [3.05, 3.63) is 52.7 Å². The van der Waals surface area contributed by atoms with Gasteiger partial charge in [-0.25, -0.2) is 13.8 Å². The second-order valence-corrected chi connectivity index (χ2v) is 7.01. The van der Waals surface area contributed by atoms with Gasteiger partial charge in [-0.05, 0) is 61.6 Å². The number of nitrogens with zero attached hydrogens (tertiary/aromatic N) is 2. The molecule has 4 nitrogen and oxygen atoms in total. The number of likely N-dealkylation sites (tertiary alicyclic amines) is 1. The van der Waals surface area contributed by atoms with Crippen molar-refractivity contribution in [2.45, 2.75) is 39.0 Å². The van der Waals surface area contributed by atoms with Gasteiger partial charge in [0.15, 0.2) is 11.6 Å². The zero-order valence-electron chi connectivity index (χ0n) is 15.4. The Kier molecular flexibility index (Phi) is 6.21. The molecular formula is C20H24F3N3O. The SMILES string of the molecule is Cc1cc(N)nc(COc2cc(CCN3CCC(F)CC3)cc(F)c2F)c1. The van der Waals surface area contributed by atoms with Gasteiger partial charge in [-0.15, -0.1) is 0 Å². The van der Waals surface area contributed by atoms with Crippen molar-refractivity contribution < 1.29 is 17.9 Å². The second-order valence-electron chi connectivity index (χ2n) is 7.01. The maximum atomic E-state index is 14.1. The van der Waals surface area contributed by atoms with Gasteiger partial charge in [0.25, 0.3) is 0 Å². The number of anilines is 1. The molecule has 7 heteroatoms. The van der Waals surface area contributed by atoms with E-state index in [4.69, 9.17) is 10.5 Å². The van der Waals surface area contributed by atoms with Crippen LogP contribution in [-0.2, 0) is 13.0 Å². The van der Waals surface area contributed by atoms with Crippen molar-refractivity contribution in [1.82, 2.24) is 9.88 Å². The predicted octanol–water partition coefficient (Wildman–Crippen LogP) is 3.81. The molecule has 0 unspecified atom stereocenters. The first kappa shape index (κ1) is 19.5. The number of nitrogen functional groups attached to an aromatic ring is 1. The fraction of sp³-hybridized carbons (Fsp3) is 0.450. The Bertz CT molecular complexity index is 772. The highest BCUT2D eigenvalue weighted by Gasteiger charge is 2.19. The van der Waals surface area contributed by atoms with Gasteiger partial charge in [0.2, 0.25) is 5.82 Å². The summed E-state index contributed by atoms with van der Waals surface area (Å²) in [7, 11) is 0. The molecule has 2 aromatic rings. The number of hydrogen-bond donors (Lipinski definition) is 1. The molecule has 1 saturated heterocycles. The van der Waals surface area contributed by atoms with Crippen LogP contribution in [0.3, 0.4) is 0 Å². The van der Waals surface area contributed by atoms with Crippen molar-refractivity contribution in [2.24, 2.45) is 0 Å². The van der Waals surface area contributed by atoms with Gasteiger partial charge in [0.1, 0.15) is 18.6 Å². The lowest BCUT2D eigenvalue weighted by Gasteiger charge is -2.28. The summed E-state index contributed by atoms with van der Waals surface area (Å²) in [5.74, 6) is -1.75. The first-order chi connectivity index (χ1) is 12.9.